The second kappa shape index (κ2) is 8.77. The number of carbonyl (C=O) groups excluding carboxylic acids is 1. The normalized spacial score (nSPS) is 15.9. The van der Waals surface area contributed by atoms with E-state index in [9.17, 15) is 4.79 Å². The summed E-state index contributed by atoms with van der Waals surface area (Å²) in [7, 11) is 3.32. The molecule has 0 unspecified atom stereocenters. The predicted molar refractivity (Wildman–Crippen MR) is 108 cm³/mol. The maximum Gasteiger partial charge on any atom is 0.241 e. The van der Waals surface area contributed by atoms with Gasteiger partial charge in [0.15, 0.2) is 0 Å². The molecule has 1 aliphatic heterocycles. The second-order valence-electron chi connectivity index (χ2n) is 6.59. The highest BCUT2D eigenvalue weighted by molar-refractivity contribution is 5.94. The van der Waals surface area contributed by atoms with Gasteiger partial charge in [0.2, 0.25) is 5.91 Å². The van der Waals surface area contributed by atoms with Gasteiger partial charge in [-0.3, -0.25) is 9.69 Å². The number of piperazine rings is 1. The van der Waals surface area contributed by atoms with Crippen molar-refractivity contribution in [2.75, 3.05) is 50.6 Å². The zero-order chi connectivity index (χ0) is 19.2. The fourth-order valence-electron chi connectivity index (χ4n) is 3.33. The number of para-hydroxylation sites is 2. The molecule has 2 aromatic carbocycles. The molecule has 0 aliphatic carbocycles. The Balaban J connectivity index is 1.55. The van der Waals surface area contributed by atoms with E-state index >= 15 is 0 Å². The number of anilines is 2. The molecule has 27 heavy (non-hydrogen) atoms. The van der Waals surface area contributed by atoms with Crippen molar-refractivity contribution in [1.29, 1.82) is 0 Å². The number of benzene rings is 2. The van der Waals surface area contributed by atoms with E-state index in [1.54, 1.807) is 14.2 Å². The Morgan fingerprint density at radius 2 is 1.63 bits per heavy atom. The molecular weight excluding hydrogens is 342 g/mol. The van der Waals surface area contributed by atoms with Crippen LogP contribution in [-0.4, -0.2) is 57.2 Å². The first-order chi connectivity index (χ1) is 13.1. The molecule has 0 saturated carbocycles. The van der Waals surface area contributed by atoms with E-state index in [0.29, 0.717) is 0 Å². The number of ether oxygens (including phenoxy) is 2. The van der Waals surface area contributed by atoms with Gasteiger partial charge in [0.1, 0.15) is 11.5 Å². The van der Waals surface area contributed by atoms with Gasteiger partial charge < -0.3 is 19.7 Å². The number of rotatable bonds is 6. The third kappa shape index (κ3) is 4.52. The van der Waals surface area contributed by atoms with Gasteiger partial charge >= 0.3 is 0 Å². The van der Waals surface area contributed by atoms with Gasteiger partial charge in [-0.05, 0) is 43.3 Å². The van der Waals surface area contributed by atoms with E-state index in [-0.39, 0.29) is 11.9 Å². The summed E-state index contributed by atoms with van der Waals surface area (Å²) in [6.07, 6.45) is 0. The maximum absolute atomic E-state index is 12.6. The smallest absolute Gasteiger partial charge is 0.241 e. The summed E-state index contributed by atoms with van der Waals surface area (Å²) < 4.78 is 10.6. The Morgan fingerprint density at radius 3 is 2.26 bits per heavy atom. The summed E-state index contributed by atoms with van der Waals surface area (Å²) in [4.78, 5) is 17.1. The minimum absolute atomic E-state index is 0.00547. The van der Waals surface area contributed by atoms with E-state index in [2.05, 4.69) is 21.2 Å². The van der Waals surface area contributed by atoms with Gasteiger partial charge in [0, 0.05) is 31.9 Å². The standard InChI is InChI=1S/C21H27N3O3/c1-16(21(25)22-17-8-10-18(26-2)11-9-17)23-12-14-24(15-13-23)19-6-4-5-7-20(19)27-3/h4-11,16H,12-15H2,1-3H3,(H,22,25)/t16-/m0/s1. The van der Waals surface area contributed by atoms with Crippen molar-refractivity contribution in [3.05, 3.63) is 48.5 Å². The molecule has 1 fully saturated rings. The van der Waals surface area contributed by atoms with Crippen molar-refractivity contribution >= 4 is 17.3 Å². The molecule has 3 rings (SSSR count). The average molecular weight is 369 g/mol. The lowest BCUT2D eigenvalue weighted by Gasteiger charge is -2.38. The van der Waals surface area contributed by atoms with Crippen LogP contribution in [0, 0.1) is 0 Å². The molecule has 1 saturated heterocycles. The quantitative estimate of drug-likeness (QED) is 0.849. The van der Waals surface area contributed by atoms with Gasteiger partial charge in [0.25, 0.3) is 0 Å². The van der Waals surface area contributed by atoms with Gasteiger partial charge in [-0.15, -0.1) is 0 Å². The molecule has 1 aliphatic rings. The third-order valence-corrected chi connectivity index (χ3v) is 5.02. The molecular formula is C21H27N3O3. The minimum Gasteiger partial charge on any atom is -0.497 e. The molecule has 0 bridgehead atoms. The highest BCUT2D eigenvalue weighted by atomic mass is 16.5. The van der Waals surface area contributed by atoms with Crippen molar-refractivity contribution in [3.8, 4) is 11.5 Å². The maximum atomic E-state index is 12.6. The summed E-state index contributed by atoms with van der Waals surface area (Å²) in [5.41, 5.74) is 1.88. The number of hydrogen-bond donors (Lipinski definition) is 1. The molecule has 1 atom stereocenters. The van der Waals surface area contributed by atoms with Crippen LogP contribution in [0.2, 0.25) is 0 Å². The molecule has 6 nitrogen and oxygen atoms in total. The van der Waals surface area contributed by atoms with Crippen LogP contribution in [0.3, 0.4) is 0 Å². The molecule has 0 radical (unpaired) electrons. The lowest BCUT2D eigenvalue weighted by Crippen LogP contribution is -2.52. The van der Waals surface area contributed by atoms with Crippen molar-refractivity contribution in [2.24, 2.45) is 0 Å². The highest BCUT2D eigenvalue weighted by Crippen LogP contribution is 2.28. The Bertz CT molecular complexity index is 756. The molecule has 1 heterocycles. The Labute approximate surface area is 160 Å². The van der Waals surface area contributed by atoms with Crippen LogP contribution < -0.4 is 19.7 Å². The number of methoxy groups -OCH3 is 2. The fraction of sp³-hybridized carbons (Fsp3) is 0.381. The second-order valence-corrected chi connectivity index (χ2v) is 6.59. The predicted octanol–water partition coefficient (Wildman–Crippen LogP) is 2.85. The summed E-state index contributed by atoms with van der Waals surface area (Å²) in [6.45, 7) is 5.34. The Hall–Kier alpha value is -2.73. The Morgan fingerprint density at radius 1 is 0.963 bits per heavy atom. The van der Waals surface area contributed by atoms with Gasteiger partial charge in [-0.2, -0.15) is 0 Å². The van der Waals surface area contributed by atoms with E-state index < -0.39 is 0 Å². The third-order valence-electron chi connectivity index (χ3n) is 5.02. The van der Waals surface area contributed by atoms with Crippen LogP contribution in [0.4, 0.5) is 11.4 Å². The summed E-state index contributed by atoms with van der Waals surface area (Å²) in [6, 6.07) is 15.2. The molecule has 0 spiro atoms. The zero-order valence-corrected chi connectivity index (χ0v) is 16.1. The van der Waals surface area contributed by atoms with Crippen LogP contribution in [-0.2, 0) is 4.79 Å². The van der Waals surface area contributed by atoms with E-state index in [1.165, 1.54) is 0 Å². The summed E-state index contributed by atoms with van der Waals surface area (Å²) >= 11 is 0. The number of carbonyl (C=O) groups is 1. The van der Waals surface area contributed by atoms with E-state index in [1.807, 2.05) is 49.4 Å². The van der Waals surface area contributed by atoms with Gasteiger partial charge in [0.05, 0.1) is 25.9 Å². The van der Waals surface area contributed by atoms with Gasteiger partial charge in [-0.1, -0.05) is 12.1 Å². The first-order valence-electron chi connectivity index (χ1n) is 9.19. The van der Waals surface area contributed by atoms with Crippen LogP contribution in [0.25, 0.3) is 0 Å². The van der Waals surface area contributed by atoms with Crippen LogP contribution in [0.1, 0.15) is 6.92 Å². The molecule has 6 heteroatoms. The average Bonchev–Trinajstić information content (AvgIpc) is 2.73. The number of nitrogens with zero attached hydrogens (tertiary/aromatic N) is 2. The van der Waals surface area contributed by atoms with Crippen molar-refractivity contribution < 1.29 is 14.3 Å². The summed E-state index contributed by atoms with van der Waals surface area (Å²) in [5, 5.41) is 2.98. The SMILES string of the molecule is COc1ccc(NC(=O)[C@H](C)N2CCN(c3ccccc3OC)CC2)cc1. The van der Waals surface area contributed by atoms with Crippen LogP contribution in [0.15, 0.2) is 48.5 Å². The topological polar surface area (TPSA) is 54.0 Å². The first kappa shape index (κ1) is 19.0. The molecule has 144 valence electrons. The van der Waals surface area contributed by atoms with Crippen LogP contribution >= 0.6 is 0 Å². The lowest BCUT2D eigenvalue weighted by atomic mass is 10.2. The summed E-state index contributed by atoms with van der Waals surface area (Å²) in [5.74, 6) is 1.66. The Kier molecular flexibility index (Phi) is 6.19. The first-order valence-corrected chi connectivity index (χ1v) is 9.19. The number of amides is 1. The fourth-order valence-corrected chi connectivity index (χ4v) is 3.33. The molecule has 1 amide bonds. The van der Waals surface area contributed by atoms with E-state index in [4.69, 9.17) is 9.47 Å². The largest absolute Gasteiger partial charge is 0.497 e. The monoisotopic (exact) mass is 369 g/mol. The van der Waals surface area contributed by atoms with Gasteiger partial charge in [-0.25, -0.2) is 0 Å². The number of hydrogen-bond acceptors (Lipinski definition) is 5. The number of nitrogens with one attached hydrogen (secondary N) is 1. The zero-order valence-electron chi connectivity index (χ0n) is 16.1. The molecule has 1 N–H and O–H groups in total. The van der Waals surface area contributed by atoms with E-state index in [0.717, 1.165) is 49.1 Å². The van der Waals surface area contributed by atoms with Crippen molar-refractivity contribution in [1.82, 2.24) is 4.90 Å². The minimum atomic E-state index is -0.188. The van der Waals surface area contributed by atoms with Crippen LogP contribution in [0.5, 0.6) is 11.5 Å². The van der Waals surface area contributed by atoms with Crippen molar-refractivity contribution in [3.63, 3.8) is 0 Å². The molecule has 2 aromatic rings. The van der Waals surface area contributed by atoms with Crippen molar-refractivity contribution in [2.45, 2.75) is 13.0 Å². The lowest BCUT2D eigenvalue weighted by molar-refractivity contribution is -0.120. The highest BCUT2D eigenvalue weighted by Gasteiger charge is 2.26. The molecule has 0 aromatic heterocycles.